The first-order valence-corrected chi connectivity index (χ1v) is 21.2. The summed E-state index contributed by atoms with van der Waals surface area (Å²) in [7, 11) is -1.34. The number of nitrogens with zero attached hydrogens (tertiary/aromatic N) is 3. The molecule has 0 N–H and O–H groups in total. The molecule has 0 unspecified atom stereocenters. The largest absolute Gasteiger partial charge is 0.364 e. The smallest absolute Gasteiger partial charge is 0.0849 e. The number of fused-ring (bicyclic) bond motifs is 6. The van der Waals surface area contributed by atoms with Crippen LogP contribution in [0.15, 0.2) is 109 Å². The van der Waals surface area contributed by atoms with Crippen LogP contribution < -0.4 is 5.19 Å². The maximum Gasteiger partial charge on any atom is 0.0849 e. The van der Waals surface area contributed by atoms with Gasteiger partial charge in [-0.2, -0.15) is 11.3 Å². The summed E-state index contributed by atoms with van der Waals surface area (Å²) in [6.45, 7) is 14.8. The van der Waals surface area contributed by atoms with Gasteiger partial charge in [0.1, 0.15) is 0 Å². The van der Waals surface area contributed by atoms with Crippen LogP contribution in [0.25, 0.3) is 64.6 Å². The summed E-state index contributed by atoms with van der Waals surface area (Å²) in [5, 5.41) is 6.52. The van der Waals surface area contributed by atoms with E-state index in [-0.39, 0.29) is 20.1 Å². The molecule has 0 aliphatic rings. The zero-order valence-electron chi connectivity index (χ0n) is 29.0. The van der Waals surface area contributed by atoms with Crippen LogP contribution in [-0.4, -0.2) is 22.6 Å². The Morgan fingerprint density at radius 1 is 0.816 bits per heavy atom. The van der Waals surface area contributed by atoms with Crippen LogP contribution in [0.4, 0.5) is 0 Å². The molecule has 8 rings (SSSR count). The maximum atomic E-state index is 5.14. The van der Waals surface area contributed by atoms with E-state index in [0.29, 0.717) is 5.92 Å². The Labute approximate surface area is 308 Å². The molecule has 0 fully saturated rings. The van der Waals surface area contributed by atoms with Gasteiger partial charge in [0.2, 0.25) is 0 Å². The van der Waals surface area contributed by atoms with E-state index in [4.69, 9.17) is 4.98 Å². The van der Waals surface area contributed by atoms with E-state index in [1.165, 1.54) is 47.2 Å². The number of benzene rings is 5. The number of rotatable bonds is 6. The van der Waals surface area contributed by atoms with Crippen molar-refractivity contribution in [2.24, 2.45) is 5.92 Å². The summed E-state index contributed by atoms with van der Waals surface area (Å²) >= 11 is 1.83. The molecule has 249 valence electrons. The number of aryl methyl sites for hydroxylation is 1. The van der Waals surface area contributed by atoms with Gasteiger partial charge in [0.25, 0.3) is 0 Å². The topological polar surface area (TPSA) is 30.7 Å². The van der Waals surface area contributed by atoms with E-state index in [1.54, 1.807) is 0 Å². The molecule has 0 atom stereocenters. The zero-order valence-corrected chi connectivity index (χ0v) is 33.2. The molecular formula is C43H41IrN3SSi-2. The number of hydrogen-bond donors (Lipinski definition) is 0. The fraction of sp³-hybridized carbons (Fsp3) is 0.209. The summed E-state index contributed by atoms with van der Waals surface area (Å²) in [6.07, 6.45) is 3.24. The van der Waals surface area contributed by atoms with Gasteiger partial charge in [0, 0.05) is 42.9 Å². The Balaban J connectivity index is 0.000000177. The zero-order chi connectivity index (χ0) is 33.4. The summed E-state index contributed by atoms with van der Waals surface area (Å²) in [5.74, 6) is 1.67. The van der Waals surface area contributed by atoms with Crippen molar-refractivity contribution < 1.29 is 20.1 Å². The molecule has 0 saturated heterocycles. The average Bonchev–Trinajstić information content (AvgIpc) is 3.67. The van der Waals surface area contributed by atoms with Crippen molar-refractivity contribution in [2.75, 3.05) is 0 Å². The summed E-state index contributed by atoms with van der Waals surface area (Å²) < 4.78 is 4.89. The minimum atomic E-state index is -1.34. The Kier molecular flexibility index (Phi) is 10.3. The van der Waals surface area contributed by atoms with Crippen LogP contribution in [-0.2, 0) is 33.1 Å². The third kappa shape index (κ3) is 6.93. The normalized spacial score (nSPS) is 11.7. The van der Waals surface area contributed by atoms with Gasteiger partial charge >= 0.3 is 0 Å². The molecule has 8 aromatic rings. The van der Waals surface area contributed by atoms with E-state index < -0.39 is 8.07 Å². The SMILES string of the molecule is CC(C)Cc1cc(-c2[c-]cccc2)ncc1[Si](C)(C)C.CCn1c(-c2[c-]ccc3c2sc2ccccc23)nc2c3ccccc3ccc21.[Ir]. The van der Waals surface area contributed by atoms with Crippen LogP contribution in [0.1, 0.15) is 26.3 Å². The van der Waals surface area contributed by atoms with Gasteiger partial charge in [-0.3, -0.25) is 4.98 Å². The first-order valence-electron chi connectivity index (χ1n) is 16.9. The molecule has 3 heterocycles. The van der Waals surface area contributed by atoms with Gasteiger partial charge in [-0.15, -0.1) is 54.1 Å². The van der Waals surface area contributed by atoms with Gasteiger partial charge in [0.05, 0.1) is 24.9 Å². The van der Waals surface area contributed by atoms with Crippen molar-refractivity contribution in [3.8, 4) is 22.6 Å². The van der Waals surface area contributed by atoms with E-state index >= 15 is 0 Å². The number of pyridine rings is 1. The van der Waals surface area contributed by atoms with Gasteiger partial charge in [-0.1, -0.05) is 105 Å². The molecule has 1 radical (unpaired) electrons. The van der Waals surface area contributed by atoms with Crippen LogP contribution in [0, 0.1) is 18.1 Å². The quantitative estimate of drug-likeness (QED) is 0.123. The van der Waals surface area contributed by atoms with E-state index in [0.717, 1.165) is 41.1 Å². The second kappa shape index (κ2) is 14.5. The molecular weight excluding hydrogens is 811 g/mol. The molecule has 0 saturated carbocycles. The molecule has 3 nitrogen and oxygen atoms in total. The molecule has 3 aromatic heterocycles. The fourth-order valence-electron chi connectivity index (χ4n) is 6.71. The molecule has 0 aliphatic carbocycles. The average molecular weight is 852 g/mol. The third-order valence-electron chi connectivity index (χ3n) is 8.93. The molecule has 49 heavy (non-hydrogen) atoms. The van der Waals surface area contributed by atoms with Crippen molar-refractivity contribution in [1.82, 2.24) is 14.5 Å². The standard InChI is InChI=1S/C25H17N2S.C18H24NSi.Ir/c1-2-27-21-15-14-16-8-3-4-9-17(16)23(21)26-25(27)20-12-7-11-19-18-10-5-6-13-22(18)28-24(19)20;1-14(2)11-16-12-17(15-9-7-6-8-10-15)19-13-18(16)20(3,4)5;/h3-11,13-15H,2H2,1H3;6-9,12-14H,11H2,1-5H3;/q2*-1;. The van der Waals surface area contributed by atoms with Gasteiger partial charge in [-0.25, -0.2) is 0 Å². The first-order chi connectivity index (χ1) is 23.2. The van der Waals surface area contributed by atoms with E-state index in [2.05, 4.69) is 147 Å². The van der Waals surface area contributed by atoms with Crippen molar-refractivity contribution in [1.29, 1.82) is 0 Å². The van der Waals surface area contributed by atoms with Crippen LogP contribution in [0.2, 0.25) is 19.6 Å². The van der Waals surface area contributed by atoms with Gasteiger partial charge in [0.15, 0.2) is 0 Å². The van der Waals surface area contributed by atoms with E-state index in [9.17, 15) is 0 Å². The third-order valence-corrected chi connectivity index (χ3v) is 12.2. The van der Waals surface area contributed by atoms with Crippen LogP contribution in [0.3, 0.4) is 0 Å². The summed E-state index contributed by atoms with van der Waals surface area (Å²) in [4.78, 5) is 9.83. The predicted octanol–water partition coefficient (Wildman–Crippen LogP) is 11.3. The van der Waals surface area contributed by atoms with Crippen molar-refractivity contribution in [2.45, 2.75) is 53.4 Å². The van der Waals surface area contributed by atoms with Crippen molar-refractivity contribution in [3.05, 3.63) is 127 Å². The molecule has 6 heteroatoms. The number of thiophene rings is 1. The number of hydrogen-bond acceptors (Lipinski definition) is 3. The molecule has 0 bridgehead atoms. The summed E-state index contributed by atoms with van der Waals surface area (Å²) in [6, 6.07) is 42.8. The van der Waals surface area contributed by atoms with Crippen LogP contribution in [0.5, 0.6) is 0 Å². The van der Waals surface area contributed by atoms with Gasteiger partial charge < -0.3 is 9.55 Å². The monoisotopic (exact) mass is 852 g/mol. The number of imidazole rings is 1. The van der Waals surface area contributed by atoms with Crippen molar-refractivity contribution in [3.63, 3.8) is 0 Å². The first kappa shape index (κ1) is 34.9. The Morgan fingerprint density at radius 3 is 2.31 bits per heavy atom. The fourth-order valence-corrected chi connectivity index (χ4v) is 9.49. The minimum Gasteiger partial charge on any atom is -0.364 e. The number of aromatic nitrogens is 3. The van der Waals surface area contributed by atoms with Crippen molar-refractivity contribution >= 4 is 66.6 Å². The Bertz CT molecular complexity index is 2390. The second-order valence-electron chi connectivity index (χ2n) is 13.9. The molecule has 0 spiro atoms. The summed E-state index contributed by atoms with van der Waals surface area (Å²) in [5.41, 5.74) is 6.95. The molecule has 0 aliphatic heterocycles. The predicted molar refractivity (Wildman–Crippen MR) is 210 cm³/mol. The van der Waals surface area contributed by atoms with Crippen LogP contribution >= 0.6 is 11.3 Å². The van der Waals surface area contributed by atoms with Gasteiger partial charge in [-0.05, 0) is 57.7 Å². The second-order valence-corrected chi connectivity index (χ2v) is 20.0. The minimum absolute atomic E-state index is 0. The molecule has 0 amide bonds. The Morgan fingerprint density at radius 2 is 1.57 bits per heavy atom. The Hall–Kier alpha value is -3.93. The van der Waals surface area contributed by atoms with E-state index in [1.807, 2.05) is 35.6 Å². The molecule has 5 aromatic carbocycles. The maximum absolute atomic E-state index is 5.14.